The molecule has 0 unspecified atom stereocenters. The zero-order valence-electron chi connectivity index (χ0n) is 8.81. The van der Waals surface area contributed by atoms with Gasteiger partial charge in [-0.25, -0.2) is 0 Å². The number of rotatable bonds is 2. The van der Waals surface area contributed by atoms with Crippen LogP contribution >= 0.6 is 0 Å². The number of aromatic amines is 1. The van der Waals surface area contributed by atoms with Crippen molar-refractivity contribution in [3.05, 3.63) is 48.6 Å². The Balaban J connectivity index is 1.87. The number of nitrogens with zero attached hydrogens (tertiary/aromatic N) is 1. The highest BCUT2D eigenvalue weighted by molar-refractivity contribution is 6.03. The lowest BCUT2D eigenvalue weighted by Crippen LogP contribution is -2.10. The fourth-order valence-electron chi connectivity index (χ4n) is 1.62. The van der Waals surface area contributed by atoms with E-state index in [1.165, 1.54) is 6.26 Å². The maximum Gasteiger partial charge on any atom is 0.291 e. The van der Waals surface area contributed by atoms with Crippen molar-refractivity contribution in [2.75, 3.05) is 5.32 Å². The monoisotopic (exact) mass is 227 g/mol. The molecule has 0 saturated carbocycles. The van der Waals surface area contributed by atoms with Crippen LogP contribution in [0.25, 0.3) is 10.9 Å². The summed E-state index contributed by atoms with van der Waals surface area (Å²) in [5.41, 5.74) is 1.57. The summed E-state index contributed by atoms with van der Waals surface area (Å²) < 4.78 is 5.01. The molecule has 3 rings (SSSR count). The number of fused-ring (bicyclic) bond motifs is 1. The number of benzene rings is 1. The molecule has 3 aromatic rings. The lowest BCUT2D eigenvalue weighted by Gasteiger charge is -2.02. The predicted molar refractivity (Wildman–Crippen MR) is 62.8 cm³/mol. The topological polar surface area (TPSA) is 70.9 Å². The second-order valence-corrected chi connectivity index (χ2v) is 3.60. The van der Waals surface area contributed by atoms with Crippen LogP contribution in [0.2, 0.25) is 0 Å². The number of aromatic nitrogens is 2. The summed E-state index contributed by atoms with van der Waals surface area (Å²) in [7, 11) is 0. The van der Waals surface area contributed by atoms with Gasteiger partial charge >= 0.3 is 0 Å². The Hall–Kier alpha value is -2.56. The van der Waals surface area contributed by atoms with Crippen LogP contribution in [0, 0.1) is 0 Å². The lowest BCUT2D eigenvalue weighted by molar-refractivity contribution is 0.0996. The van der Waals surface area contributed by atoms with Crippen LogP contribution in [0.5, 0.6) is 0 Å². The first-order valence-corrected chi connectivity index (χ1v) is 5.11. The van der Waals surface area contributed by atoms with E-state index in [4.69, 9.17) is 4.42 Å². The molecule has 0 fully saturated rings. The van der Waals surface area contributed by atoms with Crippen LogP contribution in [0.3, 0.4) is 0 Å². The quantitative estimate of drug-likeness (QED) is 0.706. The van der Waals surface area contributed by atoms with Gasteiger partial charge in [-0.05, 0) is 30.3 Å². The molecule has 0 saturated heterocycles. The summed E-state index contributed by atoms with van der Waals surface area (Å²) in [6, 6.07) is 8.81. The minimum atomic E-state index is -0.270. The predicted octanol–water partition coefficient (Wildman–Crippen LogP) is 2.41. The maximum absolute atomic E-state index is 11.7. The van der Waals surface area contributed by atoms with E-state index in [0.717, 1.165) is 10.9 Å². The minimum Gasteiger partial charge on any atom is -0.459 e. The molecule has 5 heteroatoms. The first-order valence-electron chi connectivity index (χ1n) is 5.11. The van der Waals surface area contributed by atoms with Gasteiger partial charge in [-0.2, -0.15) is 5.10 Å². The van der Waals surface area contributed by atoms with E-state index in [2.05, 4.69) is 15.5 Å². The summed E-state index contributed by atoms with van der Waals surface area (Å²) in [5, 5.41) is 10.5. The van der Waals surface area contributed by atoms with E-state index in [1.54, 1.807) is 18.3 Å². The second kappa shape index (κ2) is 3.79. The van der Waals surface area contributed by atoms with Crippen molar-refractivity contribution in [3.63, 3.8) is 0 Å². The fourth-order valence-corrected chi connectivity index (χ4v) is 1.62. The molecule has 0 aliphatic carbocycles. The zero-order chi connectivity index (χ0) is 11.7. The average molecular weight is 227 g/mol. The third-order valence-electron chi connectivity index (χ3n) is 2.44. The number of carbonyl (C=O) groups is 1. The van der Waals surface area contributed by atoms with Crippen LogP contribution in [-0.2, 0) is 0 Å². The molecule has 0 spiro atoms. The van der Waals surface area contributed by atoms with Crippen molar-refractivity contribution in [1.29, 1.82) is 0 Å². The molecule has 0 aliphatic heterocycles. The van der Waals surface area contributed by atoms with Gasteiger partial charge in [0.15, 0.2) is 5.76 Å². The molecular weight excluding hydrogens is 218 g/mol. The molecular formula is C12H9N3O2. The average Bonchev–Trinajstić information content (AvgIpc) is 2.99. The highest BCUT2D eigenvalue weighted by Crippen LogP contribution is 2.17. The smallest absolute Gasteiger partial charge is 0.291 e. The molecule has 5 nitrogen and oxygen atoms in total. The molecule has 2 aromatic heterocycles. The summed E-state index contributed by atoms with van der Waals surface area (Å²) in [6.45, 7) is 0. The number of hydrogen-bond acceptors (Lipinski definition) is 3. The minimum absolute atomic E-state index is 0.270. The van der Waals surface area contributed by atoms with E-state index in [9.17, 15) is 4.79 Å². The van der Waals surface area contributed by atoms with Crippen LogP contribution in [-0.4, -0.2) is 16.1 Å². The molecule has 84 valence electrons. The van der Waals surface area contributed by atoms with Crippen LogP contribution in [0.15, 0.2) is 47.2 Å². The van der Waals surface area contributed by atoms with E-state index in [1.807, 2.05) is 18.2 Å². The Bertz CT molecular complexity index is 655. The van der Waals surface area contributed by atoms with Gasteiger partial charge in [0, 0.05) is 11.1 Å². The summed E-state index contributed by atoms with van der Waals surface area (Å²) in [5.74, 6) is 0.0172. The van der Waals surface area contributed by atoms with E-state index in [-0.39, 0.29) is 11.7 Å². The second-order valence-electron chi connectivity index (χ2n) is 3.60. The van der Waals surface area contributed by atoms with E-state index >= 15 is 0 Å². The van der Waals surface area contributed by atoms with Gasteiger partial charge in [-0.3, -0.25) is 9.89 Å². The van der Waals surface area contributed by atoms with Gasteiger partial charge in [0.2, 0.25) is 0 Å². The highest BCUT2D eigenvalue weighted by Gasteiger charge is 2.08. The number of nitrogens with one attached hydrogen (secondary N) is 2. The number of amides is 1. The van der Waals surface area contributed by atoms with Crippen LogP contribution in [0.1, 0.15) is 10.6 Å². The number of anilines is 1. The van der Waals surface area contributed by atoms with Crippen molar-refractivity contribution in [3.8, 4) is 0 Å². The normalized spacial score (nSPS) is 10.6. The van der Waals surface area contributed by atoms with Crippen molar-refractivity contribution in [2.45, 2.75) is 0 Å². The third-order valence-corrected chi connectivity index (χ3v) is 2.44. The largest absolute Gasteiger partial charge is 0.459 e. The molecule has 2 N–H and O–H groups in total. The molecule has 2 heterocycles. The summed E-state index contributed by atoms with van der Waals surface area (Å²) >= 11 is 0. The first kappa shape index (κ1) is 9.65. The van der Waals surface area contributed by atoms with E-state index in [0.29, 0.717) is 5.69 Å². The van der Waals surface area contributed by atoms with Crippen molar-refractivity contribution in [2.24, 2.45) is 0 Å². The number of H-pyrrole nitrogens is 1. The standard InChI is InChI=1S/C12H9N3O2/c16-12(11-2-1-5-17-11)14-9-4-3-8-7-13-15-10(8)6-9/h1-7H,(H,13,15)(H,14,16). The first-order chi connectivity index (χ1) is 8.33. The van der Waals surface area contributed by atoms with Crippen molar-refractivity contribution in [1.82, 2.24) is 10.2 Å². The maximum atomic E-state index is 11.7. The molecule has 0 bridgehead atoms. The van der Waals surface area contributed by atoms with Gasteiger partial charge in [-0.1, -0.05) is 0 Å². The molecule has 0 radical (unpaired) electrons. The van der Waals surface area contributed by atoms with Gasteiger partial charge in [0.05, 0.1) is 18.0 Å². The molecule has 17 heavy (non-hydrogen) atoms. The number of hydrogen-bond donors (Lipinski definition) is 2. The molecule has 0 aliphatic rings. The van der Waals surface area contributed by atoms with Gasteiger partial charge in [-0.15, -0.1) is 0 Å². The van der Waals surface area contributed by atoms with Crippen molar-refractivity contribution < 1.29 is 9.21 Å². The number of carbonyl (C=O) groups excluding carboxylic acids is 1. The summed E-state index contributed by atoms with van der Waals surface area (Å²) in [6.07, 6.45) is 3.19. The lowest BCUT2D eigenvalue weighted by atomic mass is 10.2. The van der Waals surface area contributed by atoms with Gasteiger partial charge < -0.3 is 9.73 Å². The highest BCUT2D eigenvalue weighted by atomic mass is 16.3. The van der Waals surface area contributed by atoms with Crippen molar-refractivity contribution >= 4 is 22.5 Å². The fraction of sp³-hybridized carbons (Fsp3) is 0. The Morgan fingerprint density at radius 3 is 3.12 bits per heavy atom. The Morgan fingerprint density at radius 1 is 1.35 bits per heavy atom. The Morgan fingerprint density at radius 2 is 2.29 bits per heavy atom. The summed E-state index contributed by atoms with van der Waals surface area (Å²) in [4.78, 5) is 11.7. The molecule has 0 atom stereocenters. The number of furan rings is 1. The third kappa shape index (κ3) is 1.78. The molecule has 1 amide bonds. The van der Waals surface area contributed by atoms with Crippen LogP contribution in [0.4, 0.5) is 5.69 Å². The van der Waals surface area contributed by atoms with Gasteiger partial charge in [0.1, 0.15) is 0 Å². The Labute approximate surface area is 96.4 Å². The van der Waals surface area contributed by atoms with Crippen LogP contribution < -0.4 is 5.32 Å². The zero-order valence-corrected chi connectivity index (χ0v) is 8.81. The SMILES string of the molecule is O=C(Nc1ccc2cn[nH]c2c1)c1ccco1. The van der Waals surface area contributed by atoms with E-state index < -0.39 is 0 Å². The Kier molecular flexibility index (Phi) is 2.15. The molecule has 1 aromatic carbocycles. The van der Waals surface area contributed by atoms with Gasteiger partial charge in [0.25, 0.3) is 5.91 Å².